The minimum absolute atomic E-state index is 1.14. The standard InChI is InChI=1S/C6H8O7/c7-1-2(8)6(12)13-4(1)3(9)5(10)11/h1-4,7-9H,(H,10,11)/t1-,2-,3+,4?/m1/s1. The zero-order valence-electron chi connectivity index (χ0n) is 6.32. The van der Waals surface area contributed by atoms with Crippen molar-refractivity contribution >= 4 is 11.9 Å². The Morgan fingerprint density at radius 1 is 1.46 bits per heavy atom. The third-order valence-corrected chi connectivity index (χ3v) is 1.72. The molecule has 0 bridgehead atoms. The van der Waals surface area contributed by atoms with Gasteiger partial charge in [-0.05, 0) is 0 Å². The van der Waals surface area contributed by atoms with E-state index in [0.717, 1.165) is 0 Å². The number of carbonyl (C=O) groups is 2. The third-order valence-electron chi connectivity index (χ3n) is 1.72. The molecule has 74 valence electrons. The second kappa shape index (κ2) is 3.29. The molecule has 4 N–H and O–H groups in total. The van der Waals surface area contributed by atoms with Gasteiger partial charge in [0.05, 0.1) is 0 Å². The van der Waals surface area contributed by atoms with Gasteiger partial charge >= 0.3 is 11.9 Å². The monoisotopic (exact) mass is 192 g/mol. The number of ether oxygens (including phenoxy) is 1. The molecule has 0 amide bonds. The Labute approximate surface area is 72.2 Å². The van der Waals surface area contributed by atoms with E-state index >= 15 is 0 Å². The summed E-state index contributed by atoms with van der Waals surface area (Å²) in [6, 6.07) is 0. The van der Waals surface area contributed by atoms with E-state index < -0.39 is 36.4 Å². The summed E-state index contributed by atoms with van der Waals surface area (Å²) in [4.78, 5) is 20.8. The molecule has 0 aromatic carbocycles. The van der Waals surface area contributed by atoms with Crippen LogP contribution in [-0.2, 0) is 14.3 Å². The fourth-order valence-corrected chi connectivity index (χ4v) is 0.984. The van der Waals surface area contributed by atoms with E-state index in [1.54, 1.807) is 0 Å². The molecule has 7 heteroatoms. The van der Waals surface area contributed by atoms with Crippen molar-refractivity contribution in [3.63, 3.8) is 0 Å². The molecule has 0 radical (unpaired) electrons. The van der Waals surface area contributed by atoms with Crippen molar-refractivity contribution in [3.05, 3.63) is 0 Å². The van der Waals surface area contributed by atoms with Gasteiger partial charge in [-0.25, -0.2) is 9.59 Å². The Hall–Kier alpha value is -1.18. The molecule has 1 unspecified atom stereocenters. The molecular weight excluding hydrogens is 184 g/mol. The lowest BCUT2D eigenvalue weighted by Crippen LogP contribution is -2.42. The zero-order valence-corrected chi connectivity index (χ0v) is 6.32. The molecule has 0 spiro atoms. The molecule has 0 saturated carbocycles. The van der Waals surface area contributed by atoms with Crippen molar-refractivity contribution in [2.45, 2.75) is 24.4 Å². The molecule has 1 rings (SSSR count). The van der Waals surface area contributed by atoms with Gasteiger partial charge in [0.2, 0.25) is 0 Å². The second-order valence-corrected chi connectivity index (χ2v) is 2.62. The average Bonchev–Trinajstić information content (AvgIpc) is 2.31. The van der Waals surface area contributed by atoms with Crippen molar-refractivity contribution in [1.29, 1.82) is 0 Å². The van der Waals surface area contributed by atoms with Gasteiger partial charge in [0, 0.05) is 0 Å². The number of esters is 1. The largest absolute Gasteiger partial charge is 0.479 e. The highest BCUT2D eigenvalue weighted by atomic mass is 16.6. The number of hydrogen-bond acceptors (Lipinski definition) is 6. The SMILES string of the molecule is O=C(O)[C@@H](O)C1OC(=O)[C@H](O)[C@H]1O. The Morgan fingerprint density at radius 2 is 2.00 bits per heavy atom. The first-order valence-corrected chi connectivity index (χ1v) is 3.42. The van der Waals surface area contributed by atoms with Gasteiger partial charge in [0.1, 0.15) is 6.10 Å². The van der Waals surface area contributed by atoms with E-state index in [1.807, 2.05) is 0 Å². The number of carboxylic acid groups (broad SMARTS) is 1. The number of aliphatic carboxylic acids is 1. The molecule has 1 fully saturated rings. The normalized spacial score (nSPS) is 35.6. The van der Waals surface area contributed by atoms with E-state index in [4.69, 9.17) is 20.4 Å². The molecule has 13 heavy (non-hydrogen) atoms. The van der Waals surface area contributed by atoms with Crippen LogP contribution in [0.2, 0.25) is 0 Å². The van der Waals surface area contributed by atoms with Gasteiger partial charge in [-0.2, -0.15) is 0 Å². The van der Waals surface area contributed by atoms with Crippen LogP contribution in [0.5, 0.6) is 0 Å². The molecule has 7 nitrogen and oxygen atoms in total. The lowest BCUT2D eigenvalue weighted by atomic mass is 10.1. The van der Waals surface area contributed by atoms with Crippen LogP contribution in [-0.4, -0.2) is 56.8 Å². The Balaban J connectivity index is 2.73. The summed E-state index contributed by atoms with van der Waals surface area (Å²) < 4.78 is 4.24. The van der Waals surface area contributed by atoms with Crippen molar-refractivity contribution in [2.24, 2.45) is 0 Å². The summed E-state index contributed by atoms with van der Waals surface area (Å²) in [6.07, 6.45) is -7.14. The van der Waals surface area contributed by atoms with E-state index in [-0.39, 0.29) is 0 Å². The molecular formula is C6H8O7. The second-order valence-electron chi connectivity index (χ2n) is 2.62. The predicted molar refractivity (Wildman–Crippen MR) is 35.5 cm³/mol. The van der Waals surface area contributed by atoms with E-state index in [2.05, 4.69) is 4.74 Å². The van der Waals surface area contributed by atoms with Crippen LogP contribution in [0.3, 0.4) is 0 Å². The molecule has 1 aliphatic heterocycles. The third kappa shape index (κ3) is 1.62. The number of carbonyl (C=O) groups excluding carboxylic acids is 1. The summed E-state index contributed by atoms with van der Waals surface area (Å²) in [5.41, 5.74) is 0. The van der Waals surface area contributed by atoms with Gasteiger partial charge in [0.15, 0.2) is 18.3 Å². The number of rotatable bonds is 2. The van der Waals surface area contributed by atoms with Gasteiger partial charge in [-0.15, -0.1) is 0 Å². The summed E-state index contributed by atoms with van der Waals surface area (Å²) >= 11 is 0. The maximum Gasteiger partial charge on any atom is 0.338 e. The lowest BCUT2D eigenvalue weighted by Gasteiger charge is -2.15. The number of aliphatic hydroxyl groups excluding tert-OH is 3. The van der Waals surface area contributed by atoms with Gasteiger partial charge < -0.3 is 25.2 Å². The van der Waals surface area contributed by atoms with Gasteiger partial charge in [-0.3, -0.25) is 0 Å². The van der Waals surface area contributed by atoms with Crippen molar-refractivity contribution < 1.29 is 34.8 Å². The van der Waals surface area contributed by atoms with Crippen LogP contribution in [0.15, 0.2) is 0 Å². The molecule has 1 saturated heterocycles. The first-order valence-electron chi connectivity index (χ1n) is 3.42. The van der Waals surface area contributed by atoms with Crippen molar-refractivity contribution in [2.75, 3.05) is 0 Å². The molecule has 0 aliphatic carbocycles. The number of cyclic esters (lactones) is 1. The summed E-state index contributed by atoms with van der Waals surface area (Å²) in [7, 11) is 0. The number of hydrogen-bond donors (Lipinski definition) is 4. The first-order chi connectivity index (χ1) is 5.95. The summed E-state index contributed by atoms with van der Waals surface area (Å²) in [5, 5.41) is 35.0. The quantitative estimate of drug-likeness (QED) is 0.345. The average molecular weight is 192 g/mol. The van der Waals surface area contributed by atoms with Gasteiger partial charge in [0.25, 0.3) is 0 Å². The minimum Gasteiger partial charge on any atom is -0.479 e. The molecule has 1 heterocycles. The maximum atomic E-state index is 10.6. The van der Waals surface area contributed by atoms with E-state index in [9.17, 15) is 9.59 Å². The Bertz CT molecular complexity index is 237. The van der Waals surface area contributed by atoms with Crippen molar-refractivity contribution in [3.8, 4) is 0 Å². The van der Waals surface area contributed by atoms with Crippen molar-refractivity contribution in [1.82, 2.24) is 0 Å². The van der Waals surface area contributed by atoms with Gasteiger partial charge in [-0.1, -0.05) is 0 Å². The molecule has 4 atom stereocenters. The van der Waals surface area contributed by atoms with Crippen LogP contribution in [0.1, 0.15) is 0 Å². The Kier molecular flexibility index (Phi) is 2.50. The highest BCUT2D eigenvalue weighted by Crippen LogP contribution is 2.18. The fraction of sp³-hybridized carbons (Fsp3) is 0.667. The number of aliphatic hydroxyl groups is 3. The predicted octanol–water partition coefficient (Wildman–Crippen LogP) is -2.92. The van der Waals surface area contributed by atoms with Crippen LogP contribution in [0.4, 0.5) is 0 Å². The van der Waals surface area contributed by atoms with E-state index in [1.165, 1.54) is 0 Å². The molecule has 0 aromatic heterocycles. The smallest absolute Gasteiger partial charge is 0.338 e. The molecule has 0 aromatic rings. The summed E-state index contributed by atoms with van der Waals surface area (Å²) in [5.74, 6) is -2.77. The topological polar surface area (TPSA) is 124 Å². The van der Waals surface area contributed by atoms with Crippen LogP contribution < -0.4 is 0 Å². The van der Waals surface area contributed by atoms with Crippen LogP contribution >= 0.6 is 0 Å². The summed E-state index contributed by atoms with van der Waals surface area (Å²) in [6.45, 7) is 0. The molecule has 1 aliphatic rings. The van der Waals surface area contributed by atoms with Crippen LogP contribution in [0, 0.1) is 0 Å². The maximum absolute atomic E-state index is 10.6. The minimum atomic E-state index is -2.03. The fourth-order valence-electron chi connectivity index (χ4n) is 0.984. The first kappa shape index (κ1) is 9.90. The highest BCUT2D eigenvalue weighted by molar-refractivity contribution is 5.80. The lowest BCUT2D eigenvalue weighted by molar-refractivity contribution is -0.161. The highest BCUT2D eigenvalue weighted by Gasteiger charge is 2.48. The number of carboxylic acids is 1. The Morgan fingerprint density at radius 3 is 2.31 bits per heavy atom. The zero-order chi connectivity index (χ0) is 10.2. The van der Waals surface area contributed by atoms with E-state index in [0.29, 0.717) is 0 Å². The van der Waals surface area contributed by atoms with Crippen LogP contribution in [0.25, 0.3) is 0 Å².